The summed E-state index contributed by atoms with van der Waals surface area (Å²) in [5.41, 5.74) is 0.892. The Bertz CT molecular complexity index is 829. The summed E-state index contributed by atoms with van der Waals surface area (Å²) in [7, 11) is 0. The van der Waals surface area contributed by atoms with Crippen molar-refractivity contribution in [1.29, 1.82) is 0 Å². The van der Waals surface area contributed by atoms with Crippen molar-refractivity contribution in [1.82, 2.24) is 9.80 Å². The van der Waals surface area contributed by atoms with Gasteiger partial charge in [0.05, 0.1) is 16.2 Å². The molecule has 26 heavy (non-hydrogen) atoms. The molecule has 0 atom stereocenters. The zero-order valence-electron chi connectivity index (χ0n) is 13.8. The van der Waals surface area contributed by atoms with E-state index in [0.717, 1.165) is 16.9 Å². The van der Waals surface area contributed by atoms with Gasteiger partial charge in [0.15, 0.2) is 0 Å². The van der Waals surface area contributed by atoms with E-state index in [1.807, 2.05) is 12.1 Å². The van der Waals surface area contributed by atoms with Crippen LogP contribution in [0.4, 0.5) is 5.00 Å². The number of carbonyl (C=O) groups excluding carboxylic acids is 2. The predicted octanol–water partition coefficient (Wildman–Crippen LogP) is 2.84. The molecule has 0 saturated carbocycles. The number of nitrogens with zero attached hydrogens (tertiary/aromatic N) is 3. The number of piperazine rings is 1. The molecule has 0 unspecified atom stereocenters. The molecule has 2 aromatic rings. The first-order valence-electron chi connectivity index (χ1n) is 8.00. The normalized spacial score (nSPS) is 14.3. The number of carbonyl (C=O) groups is 2. The van der Waals surface area contributed by atoms with E-state index in [1.54, 1.807) is 21.9 Å². The van der Waals surface area contributed by atoms with Crippen molar-refractivity contribution < 1.29 is 14.5 Å². The maximum atomic E-state index is 12.4. The summed E-state index contributed by atoms with van der Waals surface area (Å²) in [6, 6.07) is 9.96. The van der Waals surface area contributed by atoms with Crippen LogP contribution in [0.5, 0.6) is 0 Å². The summed E-state index contributed by atoms with van der Waals surface area (Å²) in [6.45, 7) is 1.73. The molecule has 0 spiro atoms. The van der Waals surface area contributed by atoms with Crippen LogP contribution in [0.3, 0.4) is 0 Å². The van der Waals surface area contributed by atoms with Gasteiger partial charge in [-0.2, -0.15) is 0 Å². The molecule has 0 aliphatic carbocycles. The van der Waals surface area contributed by atoms with Crippen molar-refractivity contribution in [2.75, 3.05) is 26.2 Å². The molecule has 1 aliphatic rings. The summed E-state index contributed by atoms with van der Waals surface area (Å²) in [4.78, 5) is 38.8. The van der Waals surface area contributed by atoms with Crippen molar-refractivity contribution in [3.05, 3.63) is 62.0 Å². The highest BCUT2D eigenvalue weighted by atomic mass is 35.5. The molecule has 2 heterocycles. The minimum absolute atomic E-state index is 0.00572. The number of thiophene rings is 1. The number of nitro groups is 1. The van der Waals surface area contributed by atoms with Gasteiger partial charge in [-0.3, -0.25) is 19.7 Å². The highest BCUT2D eigenvalue weighted by molar-refractivity contribution is 7.17. The monoisotopic (exact) mass is 393 g/mol. The molecule has 1 aliphatic heterocycles. The van der Waals surface area contributed by atoms with Gasteiger partial charge in [-0.25, -0.2) is 0 Å². The van der Waals surface area contributed by atoms with Gasteiger partial charge in [-0.1, -0.05) is 35.1 Å². The smallest absolute Gasteiger partial charge is 0.324 e. The summed E-state index contributed by atoms with van der Waals surface area (Å²) in [6.07, 6.45) is 0.294. The minimum Gasteiger partial charge on any atom is -0.339 e. The van der Waals surface area contributed by atoms with E-state index in [0.29, 0.717) is 42.5 Å². The van der Waals surface area contributed by atoms with E-state index in [2.05, 4.69) is 0 Å². The topological polar surface area (TPSA) is 83.8 Å². The zero-order valence-corrected chi connectivity index (χ0v) is 15.3. The van der Waals surface area contributed by atoms with Crippen LogP contribution in [0, 0.1) is 10.1 Å². The van der Waals surface area contributed by atoms with Gasteiger partial charge >= 0.3 is 5.00 Å². The number of hydrogen-bond acceptors (Lipinski definition) is 5. The number of rotatable bonds is 4. The van der Waals surface area contributed by atoms with Crippen molar-refractivity contribution in [2.45, 2.75) is 6.42 Å². The van der Waals surface area contributed by atoms with Gasteiger partial charge in [0, 0.05) is 37.3 Å². The Hall–Kier alpha value is -2.45. The molecule has 2 amide bonds. The van der Waals surface area contributed by atoms with Crippen LogP contribution in [-0.2, 0) is 11.2 Å². The van der Waals surface area contributed by atoms with E-state index in [-0.39, 0.29) is 16.8 Å². The van der Waals surface area contributed by atoms with Crippen LogP contribution in [0.1, 0.15) is 15.2 Å². The third-order valence-electron chi connectivity index (χ3n) is 4.17. The number of halogens is 1. The van der Waals surface area contributed by atoms with E-state index in [9.17, 15) is 19.7 Å². The van der Waals surface area contributed by atoms with Crippen LogP contribution in [0.25, 0.3) is 0 Å². The first-order chi connectivity index (χ1) is 12.4. The molecule has 1 aromatic carbocycles. The zero-order chi connectivity index (χ0) is 18.7. The Labute approximate surface area is 158 Å². The van der Waals surface area contributed by atoms with Crippen LogP contribution >= 0.6 is 22.9 Å². The first-order valence-corrected chi connectivity index (χ1v) is 9.19. The Kier molecular flexibility index (Phi) is 5.53. The van der Waals surface area contributed by atoms with E-state index >= 15 is 0 Å². The maximum absolute atomic E-state index is 12.4. The van der Waals surface area contributed by atoms with E-state index in [1.165, 1.54) is 12.1 Å². The third kappa shape index (κ3) is 4.20. The third-order valence-corrected chi connectivity index (χ3v) is 5.45. The second kappa shape index (κ2) is 7.84. The maximum Gasteiger partial charge on any atom is 0.324 e. The molecule has 1 fully saturated rings. The summed E-state index contributed by atoms with van der Waals surface area (Å²) in [5.74, 6) is -0.223. The van der Waals surface area contributed by atoms with Gasteiger partial charge in [0.25, 0.3) is 5.91 Å². The lowest BCUT2D eigenvalue weighted by atomic mass is 10.1. The van der Waals surface area contributed by atoms with Crippen LogP contribution in [0.15, 0.2) is 36.4 Å². The summed E-state index contributed by atoms with van der Waals surface area (Å²) in [5, 5.41) is 11.3. The molecule has 1 aromatic heterocycles. The molecule has 1 saturated heterocycles. The van der Waals surface area contributed by atoms with Crippen molar-refractivity contribution in [2.24, 2.45) is 0 Å². The second-order valence-electron chi connectivity index (χ2n) is 5.87. The largest absolute Gasteiger partial charge is 0.339 e. The summed E-state index contributed by atoms with van der Waals surface area (Å²) >= 11 is 6.71. The van der Waals surface area contributed by atoms with Gasteiger partial charge < -0.3 is 9.80 Å². The highest BCUT2D eigenvalue weighted by Gasteiger charge is 2.26. The fourth-order valence-electron chi connectivity index (χ4n) is 2.74. The number of amides is 2. The van der Waals surface area contributed by atoms with Crippen LogP contribution < -0.4 is 0 Å². The molecule has 0 radical (unpaired) electrons. The lowest BCUT2D eigenvalue weighted by Crippen LogP contribution is -2.50. The van der Waals surface area contributed by atoms with Gasteiger partial charge in [0.2, 0.25) is 5.91 Å². The highest BCUT2D eigenvalue weighted by Crippen LogP contribution is 2.25. The lowest BCUT2D eigenvalue weighted by Gasteiger charge is -2.34. The number of benzene rings is 1. The fourth-order valence-corrected chi connectivity index (χ4v) is 3.66. The predicted molar refractivity (Wildman–Crippen MR) is 98.6 cm³/mol. The van der Waals surface area contributed by atoms with E-state index < -0.39 is 4.92 Å². The minimum atomic E-state index is -0.505. The molecular weight excluding hydrogens is 378 g/mol. The number of hydrogen-bond donors (Lipinski definition) is 0. The molecular formula is C17H16ClN3O4S. The van der Waals surface area contributed by atoms with Crippen molar-refractivity contribution in [3.8, 4) is 0 Å². The fraction of sp³-hybridized carbons (Fsp3) is 0.294. The summed E-state index contributed by atoms with van der Waals surface area (Å²) < 4.78 is 0. The molecule has 0 bridgehead atoms. The van der Waals surface area contributed by atoms with Crippen LogP contribution in [-0.4, -0.2) is 52.7 Å². The van der Waals surface area contributed by atoms with Gasteiger partial charge in [0.1, 0.15) is 0 Å². The van der Waals surface area contributed by atoms with Gasteiger partial charge in [-0.15, -0.1) is 0 Å². The Balaban J connectivity index is 1.54. The van der Waals surface area contributed by atoms with Crippen LogP contribution in [0.2, 0.25) is 5.02 Å². The average molecular weight is 394 g/mol. The first kappa shape index (κ1) is 18.3. The Morgan fingerprint density at radius 1 is 1.04 bits per heavy atom. The molecule has 7 nitrogen and oxygen atoms in total. The molecule has 3 rings (SSSR count). The van der Waals surface area contributed by atoms with Gasteiger partial charge in [-0.05, 0) is 23.8 Å². The van der Waals surface area contributed by atoms with E-state index in [4.69, 9.17) is 11.6 Å². The lowest BCUT2D eigenvalue weighted by molar-refractivity contribution is -0.380. The second-order valence-corrected chi connectivity index (χ2v) is 7.37. The molecule has 9 heteroatoms. The standard InChI is InChI=1S/C17H16ClN3O4S/c18-13-3-1-12(2-4-13)11-15(22)19-7-9-20(10-8-19)17(23)14-5-6-16(26-14)21(24)25/h1-6H,7-11H2. The Morgan fingerprint density at radius 3 is 2.23 bits per heavy atom. The molecule has 0 N–H and O–H groups in total. The van der Waals surface area contributed by atoms with Crippen molar-refractivity contribution in [3.63, 3.8) is 0 Å². The SMILES string of the molecule is O=C(Cc1ccc(Cl)cc1)N1CCN(C(=O)c2ccc([N+](=O)[O-])s2)CC1. The average Bonchev–Trinajstić information content (AvgIpc) is 3.13. The molecule has 136 valence electrons. The van der Waals surface area contributed by atoms with Crippen molar-refractivity contribution >= 4 is 39.8 Å². The Morgan fingerprint density at radius 2 is 1.65 bits per heavy atom. The quantitative estimate of drug-likeness (QED) is 0.590.